The van der Waals surface area contributed by atoms with E-state index in [-0.39, 0.29) is 11.1 Å². The summed E-state index contributed by atoms with van der Waals surface area (Å²) in [6, 6.07) is 0. The third-order valence-electron chi connectivity index (χ3n) is 2.55. The molecular weight excluding hydrogens is 214 g/mol. The van der Waals surface area contributed by atoms with Crippen molar-refractivity contribution in [3.8, 4) is 11.1 Å². The molecule has 0 radical (unpaired) electrons. The molecule has 0 amide bonds. The molecule has 16 heavy (non-hydrogen) atoms. The van der Waals surface area contributed by atoms with E-state index >= 15 is 0 Å². The molecule has 0 unspecified atom stereocenters. The molecule has 0 aliphatic heterocycles. The minimum absolute atomic E-state index is 0.186. The highest BCUT2D eigenvalue weighted by atomic mass is 19.1. The molecule has 2 aromatic heterocycles. The van der Waals surface area contributed by atoms with Gasteiger partial charge in [-0.25, -0.2) is 9.36 Å². The van der Waals surface area contributed by atoms with Gasteiger partial charge in [-0.15, -0.1) is 0 Å². The Hall–Kier alpha value is -1.72. The SMILES string of the molecule is Cc1nn(C)c(F)c1-c1c(C)nn(C)c1F. The van der Waals surface area contributed by atoms with Gasteiger partial charge in [-0.05, 0) is 13.8 Å². The lowest BCUT2D eigenvalue weighted by Gasteiger charge is -1.98. The van der Waals surface area contributed by atoms with Crippen LogP contribution < -0.4 is 0 Å². The first-order valence-electron chi connectivity index (χ1n) is 4.82. The molecule has 86 valence electrons. The third-order valence-corrected chi connectivity index (χ3v) is 2.55. The van der Waals surface area contributed by atoms with Gasteiger partial charge in [0, 0.05) is 14.1 Å². The largest absolute Gasteiger partial charge is 0.242 e. The fourth-order valence-electron chi connectivity index (χ4n) is 1.83. The van der Waals surface area contributed by atoms with Crippen LogP contribution in [0.4, 0.5) is 8.78 Å². The van der Waals surface area contributed by atoms with E-state index in [4.69, 9.17) is 0 Å². The van der Waals surface area contributed by atoms with Gasteiger partial charge in [0.25, 0.3) is 0 Å². The van der Waals surface area contributed by atoms with Crippen LogP contribution in [0.1, 0.15) is 11.4 Å². The molecule has 0 bridgehead atoms. The molecule has 0 aromatic carbocycles. The van der Waals surface area contributed by atoms with E-state index in [2.05, 4.69) is 10.2 Å². The number of halogens is 2. The summed E-state index contributed by atoms with van der Waals surface area (Å²) in [5.74, 6) is -1.10. The van der Waals surface area contributed by atoms with Crippen LogP contribution in [0.3, 0.4) is 0 Å². The van der Waals surface area contributed by atoms with Gasteiger partial charge in [0.05, 0.1) is 22.5 Å². The lowest BCUT2D eigenvalue weighted by Crippen LogP contribution is -1.96. The van der Waals surface area contributed by atoms with Crippen molar-refractivity contribution < 1.29 is 8.78 Å². The zero-order valence-electron chi connectivity index (χ0n) is 9.54. The minimum Gasteiger partial charge on any atom is -0.242 e. The maximum absolute atomic E-state index is 13.8. The molecule has 6 heteroatoms. The third kappa shape index (κ3) is 1.33. The van der Waals surface area contributed by atoms with E-state index in [1.807, 2.05) is 0 Å². The van der Waals surface area contributed by atoms with Crippen molar-refractivity contribution in [3.63, 3.8) is 0 Å². The van der Waals surface area contributed by atoms with E-state index in [0.29, 0.717) is 11.4 Å². The number of aryl methyl sites for hydroxylation is 4. The van der Waals surface area contributed by atoms with E-state index in [0.717, 1.165) is 9.36 Å². The maximum Gasteiger partial charge on any atom is 0.219 e. The molecule has 0 aliphatic carbocycles. The van der Waals surface area contributed by atoms with Gasteiger partial charge in [0.15, 0.2) is 0 Å². The molecule has 0 N–H and O–H groups in total. The summed E-state index contributed by atoms with van der Waals surface area (Å²) < 4.78 is 29.7. The van der Waals surface area contributed by atoms with Crippen LogP contribution in [0, 0.1) is 25.7 Å². The molecule has 4 nitrogen and oxygen atoms in total. The summed E-state index contributed by atoms with van der Waals surface area (Å²) in [5.41, 5.74) is 1.28. The average molecular weight is 226 g/mol. The summed E-state index contributed by atoms with van der Waals surface area (Å²) in [5, 5.41) is 7.83. The van der Waals surface area contributed by atoms with Crippen LogP contribution in [0.2, 0.25) is 0 Å². The summed E-state index contributed by atoms with van der Waals surface area (Å²) in [6.45, 7) is 3.29. The topological polar surface area (TPSA) is 35.6 Å². The standard InChI is InChI=1S/C10H12F2N4/c1-5-7(9(11)15(3)13-5)8-6(2)14-16(4)10(8)12/h1-4H3. The zero-order valence-corrected chi connectivity index (χ0v) is 9.54. The quantitative estimate of drug-likeness (QED) is 0.742. The minimum atomic E-state index is -0.549. The second-order valence-electron chi connectivity index (χ2n) is 3.75. The smallest absolute Gasteiger partial charge is 0.219 e. The molecule has 0 atom stereocenters. The molecule has 2 heterocycles. The number of rotatable bonds is 1. The summed E-state index contributed by atoms with van der Waals surface area (Å²) >= 11 is 0. The second-order valence-corrected chi connectivity index (χ2v) is 3.75. The first kappa shape index (κ1) is 10.8. The van der Waals surface area contributed by atoms with Crippen molar-refractivity contribution >= 4 is 0 Å². The van der Waals surface area contributed by atoms with Gasteiger partial charge >= 0.3 is 0 Å². The van der Waals surface area contributed by atoms with Gasteiger partial charge < -0.3 is 0 Å². The average Bonchev–Trinajstić information content (AvgIpc) is 2.57. The van der Waals surface area contributed by atoms with Crippen molar-refractivity contribution in [2.24, 2.45) is 14.1 Å². The van der Waals surface area contributed by atoms with Crippen LogP contribution in [-0.2, 0) is 14.1 Å². The normalized spacial score (nSPS) is 11.1. The van der Waals surface area contributed by atoms with Crippen molar-refractivity contribution in [1.29, 1.82) is 0 Å². The van der Waals surface area contributed by atoms with Crippen LogP contribution in [0.15, 0.2) is 0 Å². The van der Waals surface area contributed by atoms with Gasteiger partial charge in [-0.2, -0.15) is 19.0 Å². The molecule has 2 aromatic rings. The maximum atomic E-state index is 13.8. The van der Waals surface area contributed by atoms with E-state index in [9.17, 15) is 8.78 Å². The highest BCUT2D eigenvalue weighted by Gasteiger charge is 2.23. The highest BCUT2D eigenvalue weighted by molar-refractivity contribution is 5.68. The number of aromatic nitrogens is 4. The molecule has 0 fully saturated rings. The summed E-state index contributed by atoms with van der Waals surface area (Å²) in [7, 11) is 2.96. The predicted octanol–water partition coefficient (Wildman–Crippen LogP) is 1.72. The molecule has 0 saturated heterocycles. The monoisotopic (exact) mass is 226 g/mol. The number of hydrogen-bond acceptors (Lipinski definition) is 2. The molecular formula is C10H12F2N4. The van der Waals surface area contributed by atoms with Crippen LogP contribution >= 0.6 is 0 Å². The Morgan fingerprint density at radius 1 is 0.812 bits per heavy atom. The Labute approximate surface area is 91.5 Å². The van der Waals surface area contributed by atoms with Crippen LogP contribution in [0.5, 0.6) is 0 Å². The van der Waals surface area contributed by atoms with Gasteiger partial charge in [-0.1, -0.05) is 0 Å². The highest BCUT2D eigenvalue weighted by Crippen LogP contribution is 2.30. The second kappa shape index (κ2) is 3.40. The van der Waals surface area contributed by atoms with Crippen molar-refractivity contribution in [2.45, 2.75) is 13.8 Å². The number of hydrogen-bond donors (Lipinski definition) is 0. The lowest BCUT2D eigenvalue weighted by molar-refractivity contribution is 0.497. The van der Waals surface area contributed by atoms with E-state index in [1.165, 1.54) is 14.1 Å². The van der Waals surface area contributed by atoms with Crippen molar-refractivity contribution in [1.82, 2.24) is 19.6 Å². The Morgan fingerprint density at radius 3 is 1.31 bits per heavy atom. The first-order chi connectivity index (χ1) is 7.43. The fraction of sp³-hybridized carbons (Fsp3) is 0.400. The molecule has 0 aliphatic rings. The summed E-state index contributed by atoms with van der Waals surface area (Å²) in [6.07, 6.45) is 0. The number of nitrogens with zero attached hydrogens (tertiary/aromatic N) is 4. The van der Waals surface area contributed by atoms with Gasteiger partial charge in [0.2, 0.25) is 11.9 Å². The summed E-state index contributed by atoms with van der Waals surface area (Å²) in [4.78, 5) is 0. The zero-order chi connectivity index (χ0) is 12.0. The first-order valence-corrected chi connectivity index (χ1v) is 4.82. The fourth-order valence-corrected chi connectivity index (χ4v) is 1.83. The van der Waals surface area contributed by atoms with Crippen molar-refractivity contribution in [3.05, 3.63) is 23.3 Å². The van der Waals surface area contributed by atoms with E-state index in [1.54, 1.807) is 13.8 Å². The Morgan fingerprint density at radius 2 is 1.12 bits per heavy atom. The Bertz CT molecular complexity index is 503. The molecule has 0 spiro atoms. The molecule has 0 saturated carbocycles. The Kier molecular flexibility index (Phi) is 2.29. The van der Waals surface area contributed by atoms with Crippen LogP contribution in [-0.4, -0.2) is 19.6 Å². The van der Waals surface area contributed by atoms with Crippen LogP contribution in [0.25, 0.3) is 11.1 Å². The van der Waals surface area contributed by atoms with Gasteiger partial charge in [-0.3, -0.25) is 0 Å². The van der Waals surface area contributed by atoms with Crippen molar-refractivity contribution in [2.75, 3.05) is 0 Å². The predicted molar refractivity (Wildman–Crippen MR) is 54.8 cm³/mol. The Balaban J connectivity index is 2.76. The molecule has 2 rings (SSSR count). The van der Waals surface area contributed by atoms with E-state index < -0.39 is 11.9 Å². The lowest BCUT2D eigenvalue weighted by atomic mass is 10.1. The van der Waals surface area contributed by atoms with Gasteiger partial charge in [0.1, 0.15) is 0 Å².